The predicted molar refractivity (Wildman–Crippen MR) is 101 cm³/mol. The molecule has 142 valence electrons. The highest BCUT2D eigenvalue weighted by molar-refractivity contribution is 5.82. The summed E-state index contributed by atoms with van der Waals surface area (Å²) in [6.45, 7) is 5.21. The van der Waals surface area contributed by atoms with E-state index < -0.39 is 6.10 Å². The molecule has 3 aliphatic rings. The van der Waals surface area contributed by atoms with Crippen LogP contribution in [0.2, 0.25) is 0 Å². The number of ether oxygens (including phenoxy) is 2. The summed E-state index contributed by atoms with van der Waals surface area (Å²) in [6, 6.07) is 7.57. The average Bonchev–Trinajstić information content (AvgIpc) is 2.93. The van der Waals surface area contributed by atoms with Crippen molar-refractivity contribution in [2.45, 2.75) is 44.6 Å². The van der Waals surface area contributed by atoms with E-state index in [4.69, 9.17) is 9.47 Å². The minimum absolute atomic E-state index is 0.0685. The number of benzene rings is 1. The van der Waals surface area contributed by atoms with Crippen LogP contribution in [-0.2, 0) is 4.79 Å². The lowest BCUT2D eigenvalue weighted by Crippen LogP contribution is -2.47. The molecule has 1 aromatic rings. The molecule has 5 heteroatoms. The van der Waals surface area contributed by atoms with Gasteiger partial charge in [0, 0.05) is 26.2 Å². The summed E-state index contributed by atoms with van der Waals surface area (Å²) in [6.07, 6.45) is 7.48. The van der Waals surface area contributed by atoms with E-state index in [0.29, 0.717) is 12.4 Å². The highest BCUT2D eigenvalue weighted by Gasteiger charge is 2.32. The van der Waals surface area contributed by atoms with Crippen molar-refractivity contribution in [2.75, 3.05) is 39.3 Å². The Kier molecular flexibility index (Phi) is 5.63. The normalized spacial score (nSPS) is 24.9. The van der Waals surface area contributed by atoms with Gasteiger partial charge in [0.25, 0.3) is 5.91 Å². The van der Waals surface area contributed by atoms with Gasteiger partial charge in [-0.2, -0.15) is 0 Å². The Hall–Kier alpha value is -1.75. The second-order valence-corrected chi connectivity index (χ2v) is 7.85. The Morgan fingerprint density at radius 3 is 2.62 bits per heavy atom. The van der Waals surface area contributed by atoms with Crippen molar-refractivity contribution in [3.8, 4) is 11.5 Å². The third-order valence-electron chi connectivity index (χ3n) is 5.93. The highest BCUT2D eigenvalue weighted by Crippen LogP contribution is 2.31. The van der Waals surface area contributed by atoms with Crippen LogP contribution in [0.15, 0.2) is 24.3 Å². The smallest absolute Gasteiger partial charge is 0.267 e. The molecular formula is C21H30N2O3. The van der Waals surface area contributed by atoms with Crippen LogP contribution in [0.3, 0.4) is 0 Å². The van der Waals surface area contributed by atoms with Gasteiger partial charge in [-0.3, -0.25) is 4.79 Å². The molecule has 1 unspecified atom stereocenters. The molecule has 2 fully saturated rings. The Balaban J connectivity index is 1.30. The van der Waals surface area contributed by atoms with Crippen LogP contribution >= 0.6 is 0 Å². The van der Waals surface area contributed by atoms with Crippen LogP contribution in [0.25, 0.3) is 0 Å². The lowest BCUT2D eigenvalue weighted by atomic mass is 9.89. The number of para-hydroxylation sites is 2. The first-order chi connectivity index (χ1) is 12.8. The van der Waals surface area contributed by atoms with Crippen LogP contribution < -0.4 is 9.47 Å². The largest absolute Gasteiger partial charge is 0.485 e. The highest BCUT2D eigenvalue weighted by atomic mass is 16.6. The minimum atomic E-state index is -0.519. The molecule has 2 aliphatic heterocycles. The lowest BCUT2D eigenvalue weighted by Gasteiger charge is -2.31. The van der Waals surface area contributed by atoms with Crippen molar-refractivity contribution in [1.82, 2.24) is 9.80 Å². The number of rotatable bonds is 3. The molecule has 1 saturated heterocycles. The maximum absolute atomic E-state index is 12.9. The van der Waals surface area contributed by atoms with E-state index in [1.807, 2.05) is 29.2 Å². The van der Waals surface area contributed by atoms with Gasteiger partial charge in [-0.1, -0.05) is 31.4 Å². The molecule has 1 amide bonds. The topological polar surface area (TPSA) is 42.0 Å². The number of fused-ring (bicyclic) bond motifs is 1. The Bertz CT molecular complexity index is 615. The van der Waals surface area contributed by atoms with Gasteiger partial charge in [0.05, 0.1) is 0 Å². The predicted octanol–water partition coefficient (Wildman–Crippen LogP) is 2.94. The van der Waals surface area contributed by atoms with Crippen LogP contribution in [0, 0.1) is 5.92 Å². The Morgan fingerprint density at radius 2 is 1.77 bits per heavy atom. The van der Waals surface area contributed by atoms with Gasteiger partial charge in [-0.15, -0.1) is 0 Å². The van der Waals surface area contributed by atoms with Crippen molar-refractivity contribution in [2.24, 2.45) is 5.92 Å². The third kappa shape index (κ3) is 4.14. The molecule has 1 aliphatic carbocycles. The maximum Gasteiger partial charge on any atom is 0.267 e. The molecule has 0 spiro atoms. The SMILES string of the molecule is O=C(C1COc2ccccc2O1)N1CCCN(CC2CCCCC2)CC1. The van der Waals surface area contributed by atoms with E-state index in [2.05, 4.69) is 4.90 Å². The number of amides is 1. The van der Waals surface area contributed by atoms with E-state index in [-0.39, 0.29) is 5.91 Å². The molecule has 0 bridgehead atoms. The second kappa shape index (κ2) is 8.30. The number of carbonyl (C=O) groups is 1. The summed E-state index contributed by atoms with van der Waals surface area (Å²) in [5, 5.41) is 0. The number of nitrogens with zero attached hydrogens (tertiary/aromatic N) is 2. The van der Waals surface area contributed by atoms with Gasteiger partial charge >= 0.3 is 0 Å². The van der Waals surface area contributed by atoms with E-state index in [0.717, 1.165) is 44.3 Å². The first-order valence-corrected chi connectivity index (χ1v) is 10.2. The van der Waals surface area contributed by atoms with Gasteiger partial charge < -0.3 is 19.3 Å². The summed E-state index contributed by atoms with van der Waals surface area (Å²) < 4.78 is 11.6. The summed E-state index contributed by atoms with van der Waals surface area (Å²) in [7, 11) is 0. The fraction of sp³-hybridized carbons (Fsp3) is 0.667. The van der Waals surface area contributed by atoms with E-state index in [9.17, 15) is 4.79 Å². The molecule has 0 aromatic heterocycles. The fourth-order valence-corrected chi connectivity index (χ4v) is 4.45. The maximum atomic E-state index is 12.9. The fourth-order valence-electron chi connectivity index (χ4n) is 4.45. The van der Waals surface area contributed by atoms with Gasteiger partial charge in [-0.05, 0) is 43.9 Å². The second-order valence-electron chi connectivity index (χ2n) is 7.85. The molecule has 1 saturated carbocycles. The summed E-state index contributed by atoms with van der Waals surface area (Å²) in [4.78, 5) is 17.5. The van der Waals surface area contributed by atoms with Crippen molar-refractivity contribution >= 4 is 5.91 Å². The van der Waals surface area contributed by atoms with Crippen molar-refractivity contribution in [3.63, 3.8) is 0 Å². The summed E-state index contributed by atoms with van der Waals surface area (Å²) in [5.41, 5.74) is 0. The molecule has 2 heterocycles. The van der Waals surface area contributed by atoms with Gasteiger partial charge in [0.2, 0.25) is 6.10 Å². The Morgan fingerprint density at radius 1 is 0.962 bits per heavy atom. The first-order valence-electron chi connectivity index (χ1n) is 10.2. The zero-order valence-corrected chi connectivity index (χ0v) is 15.6. The molecular weight excluding hydrogens is 328 g/mol. The first kappa shape index (κ1) is 17.7. The zero-order valence-electron chi connectivity index (χ0n) is 15.6. The molecule has 1 atom stereocenters. The van der Waals surface area contributed by atoms with Crippen LogP contribution in [0.5, 0.6) is 11.5 Å². The zero-order chi connectivity index (χ0) is 17.8. The summed E-state index contributed by atoms with van der Waals surface area (Å²) in [5.74, 6) is 2.33. The average molecular weight is 358 g/mol. The molecule has 5 nitrogen and oxygen atoms in total. The third-order valence-corrected chi connectivity index (χ3v) is 5.93. The van der Waals surface area contributed by atoms with Gasteiger partial charge in [0.1, 0.15) is 6.61 Å². The van der Waals surface area contributed by atoms with E-state index in [1.54, 1.807) is 0 Å². The molecule has 0 radical (unpaired) electrons. The van der Waals surface area contributed by atoms with Crippen molar-refractivity contribution < 1.29 is 14.3 Å². The molecule has 26 heavy (non-hydrogen) atoms. The van der Waals surface area contributed by atoms with Crippen LogP contribution in [0.1, 0.15) is 38.5 Å². The number of hydrogen-bond donors (Lipinski definition) is 0. The Labute approximate surface area is 156 Å². The van der Waals surface area contributed by atoms with E-state index in [1.165, 1.54) is 38.6 Å². The number of hydrogen-bond acceptors (Lipinski definition) is 4. The van der Waals surface area contributed by atoms with Gasteiger partial charge in [0.15, 0.2) is 11.5 Å². The minimum Gasteiger partial charge on any atom is -0.485 e. The summed E-state index contributed by atoms with van der Waals surface area (Å²) >= 11 is 0. The van der Waals surface area contributed by atoms with Gasteiger partial charge in [-0.25, -0.2) is 0 Å². The monoisotopic (exact) mass is 358 g/mol. The lowest BCUT2D eigenvalue weighted by molar-refractivity contribution is -0.141. The van der Waals surface area contributed by atoms with Crippen LogP contribution in [-0.4, -0.2) is 61.1 Å². The molecule has 4 rings (SSSR count). The standard InChI is InChI=1S/C21H30N2O3/c24-21(20-16-25-18-9-4-5-10-19(18)26-20)23-12-6-11-22(13-14-23)15-17-7-2-1-3-8-17/h4-5,9-10,17,20H,1-3,6-8,11-16H2. The van der Waals surface area contributed by atoms with Crippen molar-refractivity contribution in [3.05, 3.63) is 24.3 Å². The van der Waals surface area contributed by atoms with E-state index >= 15 is 0 Å². The van der Waals surface area contributed by atoms with Crippen molar-refractivity contribution in [1.29, 1.82) is 0 Å². The molecule has 1 aromatic carbocycles. The van der Waals surface area contributed by atoms with Crippen LogP contribution in [0.4, 0.5) is 0 Å². The molecule has 0 N–H and O–H groups in total. The number of carbonyl (C=O) groups excluding carboxylic acids is 1. The quantitative estimate of drug-likeness (QED) is 0.833.